The monoisotopic (exact) mass is 293 g/mol. The summed E-state index contributed by atoms with van der Waals surface area (Å²) >= 11 is 1.59. The molecule has 7 heteroatoms. The molecule has 2 heterocycles. The number of carbonyl (C=O) groups excluding carboxylic acids is 1. The molecular weight excluding hydrogens is 278 g/mol. The van der Waals surface area contributed by atoms with Crippen LogP contribution < -0.4 is 10.5 Å². The fraction of sp³-hybridized carbons (Fsp3) is 0.308. The van der Waals surface area contributed by atoms with Crippen molar-refractivity contribution in [3.63, 3.8) is 0 Å². The smallest absolute Gasteiger partial charge is 0.340 e. The number of esters is 1. The van der Waals surface area contributed by atoms with Gasteiger partial charge in [-0.3, -0.25) is 0 Å². The van der Waals surface area contributed by atoms with Crippen molar-refractivity contribution in [2.24, 2.45) is 0 Å². The Hall–Kier alpha value is -2.15. The molecule has 0 amide bonds. The Kier molecular flexibility index (Phi) is 4.52. The molecular formula is C13H15N3O3S. The van der Waals surface area contributed by atoms with Crippen LogP contribution in [0.5, 0.6) is 5.88 Å². The minimum atomic E-state index is -0.506. The molecule has 0 unspecified atom stereocenters. The molecule has 0 aliphatic heterocycles. The molecule has 0 aliphatic carbocycles. The van der Waals surface area contributed by atoms with Crippen molar-refractivity contribution in [2.75, 3.05) is 19.5 Å². The Labute approximate surface area is 120 Å². The number of nitrogens with two attached hydrogens (primary N) is 1. The molecule has 2 rings (SSSR count). The summed E-state index contributed by atoms with van der Waals surface area (Å²) < 4.78 is 10.2. The van der Waals surface area contributed by atoms with Gasteiger partial charge < -0.3 is 15.2 Å². The van der Waals surface area contributed by atoms with Crippen LogP contribution in [0.3, 0.4) is 0 Å². The Morgan fingerprint density at radius 2 is 2.25 bits per heavy atom. The summed E-state index contributed by atoms with van der Waals surface area (Å²) in [7, 11) is 1.30. The summed E-state index contributed by atoms with van der Waals surface area (Å²) in [6.45, 7) is 2.42. The van der Waals surface area contributed by atoms with Crippen molar-refractivity contribution in [1.82, 2.24) is 9.97 Å². The summed E-state index contributed by atoms with van der Waals surface area (Å²) in [6, 6.07) is 1.49. The van der Waals surface area contributed by atoms with Crippen LogP contribution in [0, 0.1) is 6.92 Å². The molecule has 0 atom stereocenters. The fourth-order valence-corrected chi connectivity index (χ4v) is 2.39. The minimum Gasteiger partial charge on any atom is -0.477 e. The predicted molar refractivity (Wildman–Crippen MR) is 76.0 cm³/mol. The number of aryl methyl sites for hydroxylation is 1. The molecule has 2 aromatic rings. The Morgan fingerprint density at radius 3 is 2.90 bits per heavy atom. The van der Waals surface area contributed by atoms with Gasteiger partial charge in [0.2, 0.25) is 5.88 Å². The number of aromatic nitrogens is 2. The van der Waals surface area contributed by atoms with Crippen molar-refractivity contribution >= 4 is 23.0 Å². The zero-order chi connectivity index (χ0) is 14.5. The van der Waals surface area contributed by atoms with Gasteiger partial charge >= 0.3 is 5.97 Å². The molecule has 0 saturated carbocycles. The first kappa shape index (κ1) is 14.3. The summed E-state index contributed by atoms with van der Waals surface area (Å²) in [4.78, 5) is 20.9. The summed E-state index contributed by atoms with van der Waals surface area (Å²) in [5.74, 6) is -0.158. The standard InChI is InChI=1S/C13H15N3O3S/c1-8-11(20-7-16-8)3-4-19-12-5-9(13(17)18-2)10(14)6-15-12/h5-7H,3-4,14H2,1-2H3. The van der Waals surface area contributed by atoms with Crippen LogP contribution >= 0.6 is 11.3 Å². The van der Waals surface area contributed by atoms with Crippen LogP contribution in [-0.2, 0) is 11.2 Å². The number of carbonyl (C=O) groups is 1. The van der Waals surface area contributed by atoms with Gasteiger partial charge in [0, 0.05) is 17.4 Å². The molecule has 0 spiro atoms. The highest BCUT2D eigenvalue weighted by molar-refractivity contribution is 7.09. The lowest BCUT2D eigenvalue weighted by molar-refractivity contribution is 0.0601. The van der Waals surface area contributed by atoms with E-state index in [2.05, 4.69) is 14.7 Å². The van der Waals surface area contributed by atoms with Gasteiger partial charge in [-0.05, 0) is 6.92 Å². The van der Waals surface area contributed by atoms with Crippen molar-refractivity contribution in [3.8, 4) is 5.88 Å². The molecule has 0 radical (unpaired) electrons. The second kappa shape index (κ2) is 6.33. The molecule has 2 N–H and O–H groups in total. The van der Waals surface area contributed by atoms with E-state index >= 15 is 0 Å². The van der Waals surface area contributed by atoms with Crippen LogP contribution in [0.1, 0.15) is 20.9 Å². The predicted octanol–water partition coefficient (Wildman–Crippen LogP) is 1.84. The van der Waals surface area contributed by atoms with Gasteiger partial charge in [0.15, 0.2) is 0 Å². The van der Waals surface area contributed by atoms with E-state index in [1.54, 1.807) is 11.3 Å². The van der Waals surface area contributed by atoms with Crippen molar-refractivity contribution in [3.05, 3.63) is 33.9 Å². The number of nitrogen functional groups attached to an aromatic ring is 1. The lowest BCUT2D eigenvalue weighted by atomic mass is 10.2. The number of rotatable bonds is 5. The van der Waals surface area contributed by atoms with Crippen LogP contribution in [0.4, 0.5) is 5.69 Å². The highest BCUT2D eigenvalue weighted by Crippen LogP contribution is 2.18. The Morgan fingerprint density at radius 1 is 1.45 bits per heavy atom. The quantitative estimate of drug-likeness (QED) is 0.846. The molecule has 106 valence electrons. The molecule has 6 nitrogen and oxygen atoms in total. The zero-order valence-electron chi connectivity index (χ0n) is 11.3. The maximum atomic E-state index is 11.5. The van der Waals surface area contributed by atoms with Crippen LogP contribution in [0.25, 0.3) is 0 Å². The maximum Gasteiger partial charge on any atom is 0.340 e. The van der Waals surface area contributed by atoms with Crippen molar-refractivity contribution < 1.29 is 14.3 Å². The van der Waals surface area contributed by atoms with E-state index in [4.69, 9.17) is 10.5 Å². The average molecular weight is 293 g/mol. The zero-order valence-corrected chi connectivity index (χ0v) is 12.1. The number of anilines is 1. The highest BCUT2D eigenvalue weighted by Gasteiger charge is 2.12. The fourth-order valence-electron chi connectivity index (χ4n) is 1.63. The van der Waals surface area contributed by atoms with Crippen LogP contribution in [-0.4, -0.2) is 29.7 Å². The van der Waals surface area contributed by atoms with Gasteiger partial charge in [-0.1, -0.05) is 0 Å². The highest BCUT2D eigenvalue weighted by atomic mass is 32.1. The Balaban J connectivity index is 2.00. The largest absolute Gasteiger partial charge is 0.477 e. The van der Waals surface area contributed by atoms with Crippen LogP contribution in [0.15, 0.2) is 17.8 Å². The number of hydrogen-bond donors (Lipinski definition) is 1. The van der Waals surface area contributed by atoms with E-state index in [0.29, 0.717) is 12.5 Å². The van der Waals surface area contributed by atoms with E-state index in [-0.39, 0.29) is 11.3 Å². The molecule has 0 aliphatic rings. The molecule has 0 aromatic carbocycles. The molecule has 2 aromatic heterocycles. The third-order valence-corrected chi connectivity index (χ3v) is 3.73. The molecule has 20 heavy (non-hydrogen) atoms. The third kappa shape index (κ3) is 3.24. The average Bonchev–Trinajstić information content (AvgIpc) is 2.85. The summed E-state index contributed by atoms with van der Waals surface area (Å²) in [5, 5.41) is 0. The van der Waals surface area contributed by atoms with Gasteiger partial charge in [0.25, 0.3) is 0 Å². The summed E-state index contributed by atoms with van der Waals surface area (Å²) in [5.41, 5.74) is 9.01. The number of nitrogens with zero attached hydrogens (tertiary/aromatic N) is 2. The van der Waals surface area contributed by atoms with E-state index in [9.17, 15) is 4.79 Å². The van der Waals surface area contributed by atoms with Gasteiger partial charge in [0.1, 0.15) is 0 Å². The number of thiazole rings is 1. The number of pyridine rings is 1. The first-order valence-electron chi connectivity index (χ1n) is 5.97. The van der Waals surface area contributed by atoms with Gasteiger partial charge in [-0.15, -0.1) is 11.3 Å². The van der Waals surface area contributed by atoms with Gasteiger partial charge in [-0.2, -0.15) is 0 Å². The number of methoxy groups -OCH3 is 1. The van der Waals surface area contributed by atoms with Gasteiger partial charge in [-0.25, -0.2) is 14.8 Å². The normalized spacial score (nSPS) is 10.3. The van der Waals surface area contributed by atoms with E-state index in [1.165, 1.54) is 24.3 Å². The molecule has 0 saturated heterocycles. The summed E-state index contributed by atoms with van der Waals surface area (Å²) in [6.07, 6.45) is 2.13. The van der Waals surface area contributed by atoms with Gasteiger partial charge in [0.05, 0.1) is 42.4 Å². The minimum absolute atomic E-state index is 0.256. The first-order valence-corrected chi connectivity index (χ1v) is 6.85. The van der Waals surface area contributed by atoms with E-state index in [0.717, 1.165) is 12.1 Å². The number of hydrogen-bond acceptors (Lipinski definition) is 7. The van der Waals surface area contributed by atoms with Crippen LogP contribution in [0.2, 0.25) is 0 Å². The molecule has 0 bridgehead atoms. The van der Waals surface area contributed by atoms with E-state index in [1.807, 2.05) is 12.4 Å². The lowest BCUT2D eigenvalue weighted by Gasteiger charge is -2.08. The Bertz CT molecular complexity index is 613. The number of ether oxygens (including phenoxy) is 2. The van der Waals surface area contributed by atoms with E-state index < -0.39 is 5.97 Å². The second-order valence-electron chi connectivity index (χ2n) is 4.06. The third-order valence-electron chi connectivity index (χ3n) is 2.74. The maximum absolute atomic E-state index is 11.5. The SMILES string of the molecule is COC(=O)c1cc(OCCc2scnc2C)ncc1N. The second-order valence-corrected chi connectivity index (χ2v) is 5.00. The first-order chi connectivity index (χ1) is 9.61. The topological polar surface area (TPSA) is 87.3 Å². The lowest BCUT2D eigenvalue weighted by Crippen LogP contribution is -2.08. The van der Waals surface area contributed by atoms with Crippen molar-refractivity contribution in [1.29, 1.82) is 0 Å². The molecule has 0 fully saturated rings. The van der Waals surface area contributed by atoms with Crippen molar-refractivity contribution in [2.45, 2.75) is 13.3 Å².